The highest BCUT2D eigenvalue weighted by molar-refractivity contribution is 6.11. The van der Waals surface area contributed by atoms with E-state index in [1.807, 2.05) is 0 Å². The summed E-state index contributed by atoms with van der Waals surface area (Å²) >= 11 is 0. The molecule has 55 heavy (non-hydrogen) atoms. The zero-order valence-corrected chi connectivity index (χ0v) is 32.3. The molecule has 0 fully saturated rings. The molecule has 10 rings (SSSR count). The van der Waals surface area contributed by atoms with E-state index in [4.69, 9.17) is 0 Å². The van der Waals surface area contributed by atoms with Gasteiger partial charge in [-0.15, -0.1) is 0 Å². The first-order valence-electron chi connectivity index (χ1n) is 20.5. The van der Waals surface area contributed by atoms with Crippen molar-refractivity contribution in [3.8, 4) is 11.1 Å². The quantitative estimate of drug-likeness (QED) is 0.139. The fraction of sp³-hybridized carbons (Fsp3) is 0.208. The van der Waals surface area contributed by atoms with E-state index < -0.39 is 0 Å². The van der Waals surface area contributed by atoms with Crippen molar-refractivity contribution in [2.24, 2.45) is 0 Å². The van der Waals surface area contributed by atoms with Crippen molar-refractivity contribution in [1.29, 1.82) is 0 Å². The van der Waals surface area contributed by atoms with Crippen LogP contribution in [-0.2, 0) is 12.0 Å². The van der Waals surface area contributed by atoms with Crippen molar-refractivity contribution in [3.05, 3.63) is 161 Å². The van der Waals surface area contributed by atoms with Crippen molar-refractivity contribution in [3.63, 3.8) is 0 Å². The van der Waals surface area contributed by atoms with Crippen LogP contribution >= 0.6 is 0 Å². The number of allylic oxidation sites excluding steroid dienone is 2. The lowest BCUT2D eigenvalue weighted by Crippen LogP contribution is -2.23. The van der Waals surface area contributed by atoms with E-state index in [1.54, 1.807) is 0 Å². The zero-order chi connectivity index (χ0) is 37.1. The monoisotopic (exact) mass is 712 g/mol. The highest BCUT2D eigenvalue weighted by Crippen LogP contribution is 2.53. The summed E-state index contributed by atoms with van der Waals surface area (Å²) in [5, 5.41) is 5.32. The molecule has 0 spiro atoms. The van der Waals surface area contributed by atoms with Gasteiger partial charge in [0.1, 0.15) is 0 Å². The molecule has 2 aromatic heterocycles. The Morgan fingerprint density at radius 1 is 0.509 bits per heavy atom. The van der Waals surface area contributed by atoms with Gasteiger partial charge in [-0.3, -0.25) is 0 Å². The molecule has 2 aliphatic rings. The third kappa shape index (κ3) is 5.37. The Morgan fingerprint density at radius 2 is 1.00 bits per heavy atom. The number of hydrogen-bond acceptors (Lipinski definition) is 0. The first kappa shape index (κ1) is 33.7. The van der Waals surface area contributed by atoms with Gasteiger partial charge in [0.05, 0.1) is 11.0 Å². The van der Waals surface area contributed by atoms with Crippen LogP contribution in [0.1, 0.15) is 92.7 Å². The first-order valence-corrected chi connectivity index (χ1v) is 20.5. The van der Waals surface area contributed by atoms with Crippen LogP contribution in [0.15, 0.2) is 127 Å². The number of aromatic nitrogens is 2. The highest BCUT2D eigenvalue weighted by atomic mass is 15.0. The molecule has 8 aromatic rings. The second-order valence-corrected chi connectivity index (χ2v) is 15.7. The Labute approximate surface area is 324 Å². The van der Waals surface area contributed by atoms with Crippen molar-refractivity contribution < 1.29 is 0 Å². The number of nitrogens with zero attached hydrogens (tertiary/aromatic N) is 2. The molecule has 0 atom stereocenters. The molecule has 0 aliphatic heterocycles. The van der Waals surface area contributed by atoms with Gasteiger partial charge in [-0.25, -0.2) is 0 Å². The first-order chi connectivity index (χ1) is 27.1. The molecule has 6 aromatic carbocycles. The minimum Gasteiger partial charge on any atom is -0.341 e. The molecule has 0 N–H and O–H groups in total. The van der Waals surface area contributed by atoms with Crippen molar-refractivity contribution >= 4 is 73.6 Å². The van der Waals surface area contributed by atoms with E-state index in [-0.39, 0.29) is 5.41 Å². The lowest BCUT2D eigenvalue weighted by Gasteiger charge is -2.30. The molecule has 2 heterocycles. The maximum atomic E-state index is 2.51. The van der Waals surface area contributed by atoms with Gasteiger partial charge in [0.15, 0.2) is 0 Å². The molecular formula is C53H48N2. The fourth-order valence-electron chi connectivity index (χ4n) is 10.1. The summed E-state index contributed by atoms with van der Waals surface area (Å²) in [7, 11) is 0. The molecule has 2 aliphatic carbocycles. The van der Waals surface area contributed by atoms with Crippen LogP contribution in [0.2, 0.25) is 0 Å². The molecule has 270 valence electrons. The third-order valence-electron chi connectivity index (χ3n) is 12.9. The summed E-state index contributed by atoms with van der Waals surface area (Å²) in [5.41, 5.74) is 17.4. The smallest absolute Gasteiger partial charge is 0.0538 e. The Bertz CT molecular complexity index is 2880. The molecule has 0 bridgehead atoms. The van der Waals surface area contributed by atoms with Crippen LogP contribution in [0.25, 0.3) is 84.7 Å². The predicted octanol–water partition coefficient (Wildman–Crippen LogP) is 14.8. The van der Waals surface area contributed by atoms with E-state index in [9.17, 15) is 0 Å². The molecule has 0 saturated heterocycles. The maximum Gasteiger partial charge on any atom is 0.0538 e. The molecule has 0 unspecified atom stereocenters. The standard InChI is InChI=1S/C53H48N2/c1-4-53(5-2)47-34-38(22-20-36-26-30-50-45(32-36)43-16-10-12-18-49(43)54(50)6-3)24-28-41(47)42-29-25-39(35-48(42)53)23-21-37-27-31-52-46(33-37)44-17-11-13-19-51(44)55(52)40-14-8-7-9-15-40/h10-14,16-35H,4-9,15H2,1-3H3/b22-20+,23-21+. The number of fused-ring (bicyclic) bond motifs is 9. The Morgan fingerprint density at radius 3 is 1.58 bits per heavy atom. The number of para-hydroxylation sites is 2. The van der Waals surface area contributed by atoms with Gasteiger partial charge in [-0.1, -0.05) is 129 Å². The minimum atomic E-state index is -0.00615. The third-order valence-corrected chi connectivity index (χ3v) is 12.9. The van der Waals surface area contributed by atoms with E-state index >= 15 is 0 Å². The van der Waals surface area contributed by atoms with Crippen LogP contribution < -0.4 is 0 Å². The molecule has 0 radical (unpaired) electrons. The SMILES string of the molecule is CCn1c2ccccc2c2cc(/C=C/c3ccc4c(c3)C(CC)(CC)c3cc(/C=C/c5ccc6c(c5)c5ccccc5n6C5=CCCCC5)ccc3-4)ccc21. The largest absolute Gasteiger partial charge is 0.341 e. The fourth-order valence-corrected chi connectivity index (χ4v) is 10.1. The summed E-state index contributed by atoms with van der Waals surface area (Å²) in [6.07, 6.45) is 18.7. The van der Waals surface area contributed by atoms with E-state index in [0.717, 1.165) is 25.8 Å². The molecular weight excluding hydrogens is 665 g/mol. The van der Waals surface area contributed by atoms with Gasteiger partial charge in [0.2, 0.25) is 0 Å². The van der Waals surface area contributed by atoms with Crippen LogP contribution in [0, 0.1) is 0 Å². The number of benzene rings is 6. The van der Waals surface area contributed by atoms with Gasteiger partial charge in [0, 0.05) is 50.2 Å². The number of rotatable bonds is 8. The minimum absolute atomic E-state index is 0.00615. The second kappa shape index (κ2) is 13.5. The van der Waals surface area contributed by atoms with Gasteiger partial charge in [-0.2, -0.15) is 0 Å². The lowest BCUT2D eigenvalue weighted by molar-refractivity contribution is 0.490. The van der Waals surface area contributed by atoms with Crippen LogP contribution in [-0.4, -0.2) is 9.13 Å². The predicted molar refractivity (Wildman–Crippen MR) is 238 cm³/mol. The van der Waals surface area contributed by atoms with Gasteiger partial charge in [0.25, 0.3) is 0 Å². The zero-order valence-electron chi connectivity index (χ0n) is 32.3. The Balaban J connectivity index is 0.963. The number of hydrogen-bond donors (Lipinski definition) is 0. The normalized spacial score (nSPS) is 15.2. The summed E-state index contributed by atoms with van der Waals surface area (Å²) in [4.78, 5) is 0. The average molecular weight is 713 g/mol. The lowest BCUT2D eigenvalue weighted by atomic mass is 9.73. The van der Waals surface area contributed by atoms with E-state index in [0.29, 0.717) is 0 Å². The Kier molecular flexibility index (Phi) is 8.25. The van der Waals surface area contributed by atoms with E-state index in [2.05, 4.69) is 182 Å². The topological polar surface area (TPSA) is 9.86 Å². The van der Waals surface area contributed by atoms with Gasteiger partial charge < -0.3 is 9.13 Å². The second-order valence-electron chi connectivity index (χ2n) is 15.7. The van der Waals surface area contributed by atoms with Crippen LogP contribution in [0.4, 0.5) is 0 Å². The summed E-state index contributed by atoms with van der Waals surface area (Å²) in [5.74, 6) is 0. The molecule has 0 amide bonds. The summed E-state index contributed by atoms with van der Waals surface area (Å²) < 4.78 is 4.93. The van der Waals surface area contributed by atoms with Gasteiger partial charge >= 0.3 is 0 Å². The summed E-state index contributed by atoms with van der Waals surface area (Å²) in [6.45, 7) is 7.93. The highest BCUT2D eigenvalue weighted by Gasteiger charge is 2.40. The molecule has 2 nitrogen and oxygen atoms in total. The van der Waals surface area contributed by atoms with Crippen LogP contribution in [0.3, 0.4) is 0 Å². The van der Waals surface area contributed by atoms with Crippen molar-refractivity contribution in [2.75, 3.05) is 0 Å². The van der Waals surface area contributed by atoms with Gasteiger partial charge in [-0.05, 0) is 126 Å². The molecule has 0 saturated carbocycles. The number of aryl methyl sites for hydroxylation is 1. The summed E-state index contributed by atoms with van der Waals surface area (Å²) in [6, 6.07) is 45.9. The molecule has 2 heteroatoms. The Hall–Kier alpha value is -5.86. The van der Waals surface area contributed by atoms with Crippen molar-refractivity contribution in [1.82, 2.24) is 9.13 Å². The van der Waals surface area contributed by atoms with Crippen molar-refractivity contribution in [2.45, 2.75) is 71.3 Å². The van der Waals surface area contributed by atoms with E-state index in [1.165, 1.54) is 113 Å². The maximum absolute atomic E-state index is 2.51. The average Bonchev–Trinajstić information content (AvgIpc) is 3.85. The van der Waals surface area contributed by atoms with Crippen LogP contribution in [0.5, 0.6) is 0 Å².